The van der Waals surface area contributed by atoms with E-state index in [1.54, 1.807) is 7.11 Å². The summed E-state index contributed by atoms with van der Waals surface area (Å²) in [6.45, 7) is 5.11. The molecule has 2 heteroatoms. The van der Waals surface area contributed by atoms with Crippen molar-refractivity contribution >= 4 is 0 Å². The highest BCUT2D eigenvalue weighted by Crippen LogP contribution is 2.24. The standard InChI is InChI=1S/C14H23NO/c1-11-12(2)14(16-3)9-8-13(11)7-5-4-6-10-15/h8-9H,4-7,10,15H2,1-3H3. The Hall–Kier alpha value is -1.02. The van der Waals surface area contributed by atoms with Crippen LogP contribution in [-0.4, -0.2) is 13.7 Å². The first-order chi connectivity index (χ1) is 7.70. The third-order valence-corrected chi connectivity index (χ3v) is 3.22. The second kappa shape index (κ2) is 6.54. The van der Waals surface area contributed by atoms with Gasteiger partial charge in [-0.15, -0.1) is 0 Å². The van der Waals surface area contributed by atoms with E-state index >= 15 is 0 Å². The Balaban J connectivity index is 2.64. The van der Waals surface area contributed by atoms with Gasteiger partial charge in [-0.25, -0.2) is 0 Å². The number of nitrogens with two attached hydrogens (primary N) is 1. The fourth-order valence-electron chi connectivity index (χ4n) is 1.98. The van der Waals surface area contributed by atoms with Crippen molar-refractivity contribution in [2.45, 2.75) is 39.5 Å². The third kappa shape index (κ3) is 3.24. The number of unbranched alkanes of at least 4 members (excludes halogenated alkanes) is 2. The molecule has 0 atom stereocenters. The van der Waals surface area contributed by atoms with Crippen molar-refractivity contribution in [3.63, 3.8) is 0 Å². The van der Waals surface area contributed by atoms with E-state index in [9.17, 15) is 0 Å². The van der Waals surface area contributed by atoms with Crippen LogP contribution in [0.1, 0.15) is 36.0 Å². The van der Waals surface area contributed by atoms with Crippen LogP contribution in [0.3, 0.4) is 0 Å². The van der Waals surface area contributed by atoms with Gasteiger partial charge < -0.3 is 10.5 Å². The highest BCUT2D eigenvalue weighted by Gasteiger charge is 2.05. The lowest BCUT2D eigenvalue weighted by Gasteiger charge is -2.12. The maximum Gasteiger partial charge on any atom is 0.122 e. The predicted octanol–water partition coefficient (Wildman–Crippen LogP) is 2.98. The van der Waals surface area contributed by atoms with Crippen molar-refractivity contribution in [3.05, 3.63) is 28.8 Å². The largest absolute Gasteiger partial charge is 0.496 e. The molecule has 0 bridgehead atoms. The molecular weight excluding hydrogens is 198 g/mol. The van der Waals surface area contributed by atoms with Gasteiger partial charge >= 0.3 is 0 Å². The zero-order valence-electron chi connectivity index (χ0n) is 10.7. The monoisotopic (exact) mass is 221 g/mol. The van der Waals surface area contributed by atoms with E-state index in [1.807, 2.05) is 0 Å². The molecular formula is C14H23NO. The molecule has 2 N–H and O–H groups in total. The van der Waals surface area contributed by atoms with E-state index in [2.05, 4.69) is 26.0 Å². The minimum Gasteiger partial charge on any atom is -0.496 e. The van der Waals surface area contributed by atoms with Crippen LogP contribution in [0.4, 0.5) is 0 Å². The molecule has 0 unspecified atom stereocenters. The number of rotatable bonds is 6. The molecule has 0 saturated carbocycles. The topological polar surface area (TPSA) is 35.2 Å². The predicted molar refractivity (Wildman–Crippen MR) is 69.1 cm³/mol. The molecule has 0 fully saturated rings. The molecule has 0 aliphatic carbocycles. The molecule has 90 valence electrons. The second-order valence-electron chi connectivity index (χ2n) is 4.28. The zero-order chi connectivity index (χ0) is 12.0. The molecule has 0 aromatic heterocycles. The Morgan fingerprint density at radius 2 is 1.81 bits per heavy atom. The molecule has 0 aliphatic rings. The minimum absolute atomic E-state index is 0.806. The maximum absolute atomic E-state index is 5.48. The molecule has 0 spiro atoms. The Morgan fingerprint density at radius 1 is 1.06 bits per heavy atom. The highest BCUT2D eigenvalue weighted by molar-refractivity contribution is 5.43. The number of aryl methyl sites for hydroxylation is 1. The lowest BCUT2D eigenvalue weighted by Crippen LogP contribution is -1.99. The SMILES string of the molecule is COc1ccc(CCCCCN)c(C)c1C. The van der Waals surface area contributed by atoms with Crippen LogP contribution in [0.25, 0.3) is 0 Å². The molecule has 0 saturated heterocycles. The molecule has 16 heavy (non-hydrogen) atoms. The summed E-state index contributed by atoms with van der Waals surface area (Å²) in [7, 11) is 1.72. The van der Waals surface area contributed by atoms with Crippen LogP contribution in [0.15, 0.2) is 12.1 Å². The summed E-state index contributed by atoms with van der Waals surface area (Å²) < 4.78 is 5.31. The van der Waals surface area contributed by atoms with Crippen LogP contribution >= 0.6 is 0 Å². The van der Waals surface area contributed by atoms with Crippen molar-refractivity contribution in [2.24, 2.45) is 5.73 Å². The lowest BCUT2D eigenvalue weighted by atomic mass is 9.98. The van der Waals surface area contributed by atoms with E-state index in [0.717, 1.165) is 25.1 Å². The van der Waals surface area contributed by atoms with Crippen molar-refractivity contribution in [3.8, 4) is 5.75 Å². The lowest BCUT2D eigenvalue weighted by molar-refractivity contribution is 0.411. The Kier molecular flexibility index (Phi) is 5.33. The summed E-state index contributed by atoms with van der Waals surface area (Å²) >= 11 is 0. The summed E-state index contributed by atoms with van der Waals surface area (Å²) in [6, 6.07) is 4.25. The van der Waals surface area contributed by atoms with Crippen molar-refractivity contribution in [1.82, 2.24) is 0 Å². The first-order valence-electron chi connectivity index (χ1n) is 6.03. The maximum atomic E-state index is 5.48. The first kappa shape index (κ1) is 13.0. The van der Waals surface area contributed by atoms with Gasteiger partial charge in [-0.05, 0) is 62.4 Å². The van der Waals surface area contributed by atoms with Crippen molar-refractivity contribution in [2.75, 3.05) is 13.7 Å². The fourth-order valence-corrected chi connectivity index (χ4v) is 1.98. The average molecular weight is 221 g/mol. The van der Waals surface area contributed by atoms with E-state index in [0.29, 0.717) is 0 Å². The molecule has 2 nitrogen and oxygen atoms in total. The summed E-state index contributed by atoms with van der Waals surface area (Å²) in [5.74, 6) is 0.989. The number of hydrogen-bond acceptors (Lipinski definition) is 2. The first-order valence-corrected chi connectivity index (χ1v) is 6.03. The minimum atomic E-state index is 0.806. The van der Waals surface area contributed by atoms with Gasteiger partial charge in [0.2, 0.25) is 0 Å². The van der Waals surface area contributed by atoms with E-state index in [1.165, 1.54) is 29.5 Å². The quantitative estimate of drug-likeness (QED) is 0.749. The Labute approximate surface area is 98.8 Å². The van der Waals surface area contributed by atoms with Gasteiger partial charge in [0, 0.05) is 0 Å². The molecule has 0 heterocycles. The molecule has 0 aliphatic heterocycles. The summed E-state index contributed by atoms with van der Waals surface area (Å²) in [5.41, 5.74) is 9.55. The number of hydrogen-bond donors (Lipinski definition) is 1. The molecule has 0 amide bonds. The van der Waals surface area contributed by atoms with Crippen LogP contribution in [0, 0.1) is 13.8 Å². The number of ether oxygens (including phenoxy) is 1. The van der Waals surface area contributed by atoms with Gasteiger partial charge in [0.05, 0.1) is 7.11 Å². The Bertz CT molecular complexity index is 334. The van der Waals surface area contributed by atoms with E-state index < -0.39 is 0 Å². The van der Waals surface area contributed by atoms with Crippen molar-refractivity contribution < 1.29 is 4.74 Å². The van der Waals surface area contributed by atoms with Gasteiger partial charge in [0.25, 0.3) is 0 Å². The van der Waals surface area contributed by atoms with Crippen LogP contribution < -0.4 is 10.5 Å². The number of methoxy groups -OCH3 is 1. The van der Waals surface area contributed by atoms with E-state index in [-0.39, 0.29) is 0 Å². The normalized spacial score (nSPS) is 10.5. The van der Waals surface area contributed by atoms with Gasteiger partial charge in [0.15, 0.2) is 0 Å². The molecule has 1 aromatic rings. The van der Waals surface area contributed by atoms with Gasteiger partial charge in [-0.1, -0.05) is 12.5 Å². The summed E-state index contributed by atoms with van der Waals surface area (Å²) in [6.07, 6.45) is 4.73. The van der Waals surface area contributed by atoms with E-state index in [4.69, 9.17) is 10.5 Å². The van der Waals surface area contributed by atoms with Crippen LogP contribution in [0.2, 0.25) is 0 Å². The molecule has 0 radical (unpaired) electrons. The third-order valence-electron chi connectivity index (χ3n) is 3.22. The zero-order valence-corrected chi connectivity index (χ0v) is 10.7. The summed E-state index contributed by atoms with van der Waals surface area (Å²) in [5, 5.41) is 0. The smallest absolute Gasteiger partial charge is 0.122 e. The highest BCUT2D eigenvalue weighted by atomic mass is 16.5. The van der Waals surface area contributed by atoms with Gasteiger partial charge in [-0.2, -0.15) is 0 Å². The van der Waals surface area contributed by atoms with Crippen molar-refractivity contribution in [1.29, 1.82) is 0 Å². The molecule has 1 rings (SSSR count). The second-order valence-corrected chi connectivity index (χ2v) is 4.28. The summed E-state index contributed by atoms with van der Waals surface area (Å²) in [4.78, 5) is 0. The van der Waals surface area contributed by atoms with Gasteiger partial charge in [-0.3, -0.25) is 0 Å². The Morgan fingerprint density at radius 3 is 2.44 bits per heavy atom. The fraction of sp³-hybridized carbons (Fsp3) is 0.571. The van der Waals surface area contributed by atoms with Crippen LogP contribution in [-0.2, 0) is 6.42 Å². The number of benzene rings is 1. The molecule has 1 aromatic carbocycles. The van der Waals surface area contributed by atoms with Crippen LogP contribution in [0.5, 0.6) is 5.75 Å². The average Bonchev–Trinajstić information content (AvgIpc) is 2.30. The van der Waals surface area contributed by atoms with Gasteiger partial charge in [0.1, 0.15) is 5.75 Å².